The molecule has 0 radical (unpaired) electrons. The average Bonchev–Trinajstić information content (AvgIpc) is 1.99. The van der Waals surface area contributed by atoms with E-state index < -0.39 is 23.9 Å². The largest absolute Gasteiger partial charge is 0.442 e. The minimum Gasteiger partial charge on any atom is -0.442 e. The van der Waals surface area contributed by atoms with Gasteiger partial charge in [-0.3, -0.25) is 0 Å². The van der Waals surface area contributed by atoms with Crippen molar-refractivity contribution in [2.24, 2.45) is 5.29 Å². The van der Waals surface area contributed by atoms with Gasteiger partial charge in [0.15, 0.2) is 0 Å². The zero-order valence-electron chi connectivity index (χ0n) is 9.07. The van der Waals surface area contributed by atoms with E-state index in [9.17, 15) is 14.1 Å². The number of nitroso groups, excluding NO2 is 1. The first kappa shape index (κ1) is 11.9. The van der Waals surface area contributed by atoms with Crippen molar-refractivity contribution in [3.8, 4) is 0 Å². The molecule has 1 saturated carbocycles. The summed E-state index contributed by atoms with van der Waals surface area (Å²) in [6.07, 6.45) is -1.44. The lowest BCUT2D eigenvalue weighted by atomic mass is 9.90. The number of carbonyl (C=O) groups excluding carboxylic acids is 1. The fourth-order valence-corrected chi connectivity index (χ4v) is 1.28. The number of hydrogen-bond acceptors (Lipinski definition) is 4. The molecule has 0 aromatic heterocycles. The van der Waals surface area contributed by atoms with Crippen LogP contribution in [0.25, 0.3) is 0 Å². The normalized spacial score (nSPS) is 25.3. The zero-order chi connectivity index (χ0) is 11.6. The van der Waals surface area contributed by atoms with E-state index >= 15 is 0 Å². The third kappa shape index (κ3) is 3.14. The summed E-state index contributed by atoms with van der Waals surface area (Å²) in [5.74, 6) is 0. The molecule has 0 unspecified atom stereocenters. The van der Waals surface area contributed by atoms with Crippen molar-refractivity contribution in [2.45, 2.75) is 51.4 Å². The van der Waals surface area contributed by atoms with E-state index in [-0.39, 0.29) is 12.8 Å². The number of ether oxygens (including phenoxy) is 1. The molecule has 0 atom stereocenters. The third-order valence-electron chi connectivity index (χ3n) is 2.07. The molecule has 1 rings (SSSR count). The van der Waals surface area contributed by atoms with Gasteiger partial charge in [0.25, 0.3) is 0 Å². The molecular formula is C9H15FN2O3. The Labute approximate surface area is 87.5 Å². The quantitative estimate of drug-likeness (QED) is 0.528. The maximum atomic E-state index is 12.5. The highest BCUT2D eigenvalue weighted by Gasteiger charge is 2.39. The molecule has 1 aliphatic rings. The van der Waals surface area contributed by atoms with Crippen LogP contribution in [-0.4, -0.2) is 28.9 Å². The molecule has 0 aromatic carbocycles. The highest BCUT2D eigenvalue weighted by Crippen LogP contribution is 2.29. The minimum atomic E-state index is -0.943. The van der Waals surface area contributed by atoms with Gasteiger partial charge < -0.3 is 4.74 Å². The van der Waals surface area contributed by atoms with Crippen LogP contribution in [0.5, 0.6) is 0 Å². The number of amides is 1. The average molecular weight is 218 g/mol. The molecule has 5 nitrogen and oxygen atoms in total. The van der Waals surface area contributed by atoms with E-state index in [4.69, 9.17) is 4.74 Å². The van der Waals surface area contributed by atoms with Crippen LogP contribution in [0.15, 0.2) is 5.29 Å². The number of nitrogens with zero attached hydrogens (tertiary/aromatic N) is 2. The summed E-state index contributed by atoms with van der Waals surface area (Å²) in [5, 5.41) is 3.25. The molecule has 0 saturated heterocycles. The Morgan fingerprint density at radius 1 is 1.47 bits per heavy atom. The summed E-state index contributed by atoms with van der Waals surface area (Å²) in [6.45, 7) is 5.06. The molecule has 1 aliphatic carbocycles. The van der Waals surface area contributed by atoms with Crippen LogP contribution in [0, 0.1) is 4.91 Å². The molecule has 0 spiro atoms. The lowest BCUT2D eigenvalue weighted by Gasteiger charge is -2.34. The van der Waals surface area contributed by atoms with Crippen LogP contribution in [0.4, 0.5) is 9.18 Å². The third-order valence-corrected chi connectivity index (χ3v) is 2.07. The van der Waals surface area contributed by atoms with Crippen molar-refractivity contribution in [2.75, 3.05) is 0 Å². The maximum absolute atomic E-state index is 12.5. The van der Waals surface area contributed by atoms with Crippen molar-refractivity contribution >= 4 is 6.09 Å². The van der Waals surface area contributed by atoms with Crippen molar-refractivity contribution in [3.05, 3.63) is 4.91 Å². The summed E-state index contributed by atoms with van der Waals surface area (Å²) in [7, 11) is 0. The van der Waals surface area contributed by atoms with E-state index in [2.05, 4.69) is 5.29 Å². The molecule has 1 amide bonds. The monoisotopic (exact) mass is 218 g/mol. The molecule has 0 N–H and O–H groups in total. The van der Waals surface area contributed by atoms with Gasteiger partial charge in [-0.1, -0.05) is 0 Å². The van der Waals surface area contributed by atoms with Crippen molar-refractivity contribution in [1.82, 2.24) is 5.01 Å². The summed E-state index contributed by atoms with van der Waals surface area (Å²) < 4.78 is 17.5. The van der Waals surface area contributed by atoms with E-state index in [0.29, 0.717) is 5.01 Å². The topological polar surface area (TPSA) is 59.0 Å². The smallest absolute Gasteiger partial charge is 0.433 e. The van der Waals surface area contributed by atoms with Gasteiger partial charge in [0, 0.05) is 12.8 Å². The molecule has 0 aliphatic heterocycles. The Bertz CT molecular complexity index is 259. The lowest BCUT2D eigenvalue weighted by molar-refractivity contribution is -0.00601. The predicted molar refractivity (Wildman–Crippen MR) is 51.8 cm³/mol. The zero-order valence-corrected chi connectivity index (χ0v) is 9.07. The summed E-state index contributed by atoms with van der Waals surface area (Å²) >= 11 is 0. The van der Waals surface area contributed by atoms with Crippen LogP contribution < -0.4 is 0 Å². The van der Waals surface area contributed by atoms with E-state index in [1.807, 2.05) is 0 Å². The molecule has 0 heterocycles. The van der Waals surface area contributed by atoms with Gasteiger partial charge in [0.2, 0.25) is 0 Å². The van der Waals surface area contributed by atoms with Gasteiger partial charge >= 0.3 is 6.09 Å². The van der Waals surface area contributed by atoms with Gasteiger partial charge in [-0.2, -0.15) is 5.01 Å². The van der Waals surface area contributed by atoms with Crippen molar-refractivity contribution in [3.63, 3.8) is 0 Å². The fraction of sp³-hybridized carbons (Fsp3) is 0.889. The second-order valence-corrected chi connectivity index (χ2v) is 4.63. The minimum absolute atomic E-state index is 0.158. The molecule has 86 valence electrons. The first-order valence-corrected chi connectivity index (χ1v) is 4.83. The molecule has 15 heavy (non-hydrogen) atoms. The number of rotatable bonds is 2. The van der Waals surface area contributed by atoms with Crippen LogP contribution in [0.3, 0.4) is 0 Å². The number of carbonyl (C=O) groups is 1. The maximum Gasteiger partial charge on any atom is 0.433 e. The highest BCUT2D eigenvalue weighted by molar-refractivity contribution is 5.68. The van der Waals surface area contributed by atoms with Gasteiger partial charge in [-0.15, -0.1) is 4.91 Å². The standard InChI is InChI=1S/C9H15FN2O3/c1-9(2,3)15-8(13)12(11-14)7-4-6(10)5-7/h6-7H,4-5H2,1-3H3. The SMILES string of the molecule is CC(C)(C)OC(=O)N(N=O)C1CC(F)C1. The second-order valence-electron chi connectivity index (χ2n) is 4.63. The van der Waals surface area contributed by atoms with Crippen LogP contribution >= 0.6 is 0 Å². The first-order chi connectivity index (χ1) is 6.83. The van der Waals surface area contributed by atoms with E-state index in [0.717, 1.165) is 0 Å². The highest BCUT2D eigenvalue weighted by atomic mass is 19.1. The first-order valence-electron chi connectivity index (χ1n) is 4.83. The van der Waals surface area contributed by atoms with Crippen molar-refractivity contribution < 1.29 is 13.9 Å². The van der Waals surface area contributed by atoms with Gasteiger partial charge in [-0.25, -0.2) is 9.18 Å². The van der Waals surface area contributed by atoms with Gasteiger partial charge in [0.1, 0.15) is 11.8 Å². The number of alkyl halides is 1. The molecular weight excluding hydrogens is 203 g/mol. The Balaban J connectivity index is 2.52. The van der Waals surface area contributed by atoms with Crippen LogP contribution in [-0.2, 0) is 4.74 Å². The van der Waals surface area contributed by atoms with Gasteiger partial charge in [0.05, 0.1) is 11.3 Å². The fourth-order valence-electron chi connectivity index (χ4n) is 1.28. The molecule has 0 bridgehead atoms. The lowest BCUT2D eigenvalue weighted by Crippen LogP contribution is -2.47. The molecule has 6 heteroatoms. The van der Waals surface area contributed by atoms with Gasteiger partial charge in [-0.05, 0) is 20.8 Å². The summed E-state index contributed by atoms with van der Waals surface area (Å²) in [4.78, 5) is 21.8. The van der Waals surface area contributed by atoms with Crippen LogP contribution in [0.2, 0.25) is 0 Å². The Morgan fingerprint density at radius 2 is 2.00 bits per heavy atom. The van der Waals surface area contributed by atoms with Crippen molar-refractivity contribution in [1.29, 1.82) is 0 Å². The Morgan fingerprint density at radius 3 is 2.33 bits per heavy atom. The molecule has 1 fully saturated rings. The Hall–Kier alpha value is -1.20. The number of halogens is 1. The van der Waals surface area contributed by atoms with Crippen LogP contribution in [0.1, 0.15) is 33.6 Å². The van der Waals surface area contributed by atoms with E-state index in [1.165, 1.54) is 0 Å². The van der Waals surface area contributed by atoms with E-state index in [1.54, 1.807) is 20.8 Å². The summed E-state index contributed by atoms with van der Waals surface area (Å²) in [6, 6.07) is -0.452. The second kappa shape index (κ2) is 4.12. The Kier molecular flexibility index (Phi) is 3.26. The predicted octanol–water partition coefficient (Wildman–Crippen LogP) is 2.41. The number of hydrogen-bond donors (Lipinski definition) is 0. The molecule has 0 aromatic rings. The summed E-state index contributed by atoms with van der Waals surface area (Å²) in [5.41, 5.74) is -0.682.